The lowest BCUT2D eigenvalue weighted by Crippen LogP contribution is -1.98. The lowest BCUT2D eigenvalue weighted by molar-refractivity contribution is -0.137. The molecular weight excluding hydrogens is 196 g/mol. The van der Waals surface area contributed by atoms with Crippen LogP contribution >= 0.6 is 0 Å². The number of aliphatic carboxylic acids is 2. The number of hydrogen-bond donors (Lipinski definition) is 2. The van der Waals surface area contributed by atoms with Gasteiger partial charge in [0.1, 0.15) is 0 Å². The van der Waals surface area contributed by atoms with E-state index in [1.54, 1.807) is 6.08 Å². The molecule has 0 unspecified atom stereocenters. The van der Waals surface area contributed by atoms with E-state index in [4.69, 9.17) is 10.2 Å². The molecule has 4 nitrogen and oxygen atoms in total. The van der Waals surface area contributed by atoms with E-state index >= 15 is 0 Å². The zero-order chi connectivity index (χ0) is 11.7. The van der Waals surface area contributed by atoms with Crippen molar-refractivity contribution < 1.29 is 19.8 Å². The van der Waals surface area contributed by atoms with E-state index in [1.165, 1.54) is 0 Å². The third-order valence-corrected chi connectivity index (χ3v) is 2.14. The summed E-state index contributed by atoms with van der Waals surface area (Å²) in [5.74, 6) is -1.63. The number of carbonyl (C=O) groups is 2. The fraction of sp³-hybridized carbons (Fsp3) is 0.636. The van der Waals surface area contributed by atoms with Crippen LogP contribution in [0.15, 0.2) is 11.6 Å². The van der Waals surface area contributed by atoms with E-state index in [0.717, 1.165) is 19.3 Å². The minimum atomic E-state index is -0.858. The van der Waals surface area contributed by atoms with Crippen molar-refractivity contribution >= 4 is 11.9 Å². The topological polar surface area (TPSA) is 74.6 Å². The van der Waals surface area contributed by atoms with E-state index in [1.807, 2.05) is 6.92 Å². The Morgan fingerprint density at radius 1 is 1.13 bits per heavy atom. The van der Waals surface area contributed by atoms with E-state index < -0.39 is 11.9 Å². The summed E-state index contributed by atoms with van der Waals surface area (Å²) in [6, 6.07) is 0. The highest BCUT2D eigenvalue weighted by atomic mass is 16.4. The highest BCUT2D eigenvalue weighted by Gasteiger charge is 2.02. The second kappa shape index (κ2) is 8.03. The van der Waals surface area contributed by atoms with E-state index in [9.17, 15) is 9.59 Å². The van der Waals surface area contributed by atoms with Gasteiger partial charge in [-0.1, -0.05) is 19.4 Å². The molecule has 0 rings (SSSR count). The molecule has 0 fully saturated rings. The lowest BCUT2D eigenvalue weighted by atomic mass is 10.1. The number of allylic oxidation sites excluding steroid dienone is 1. The third kappa shape index (κ3) is 7.73. The number of unbranched alkanes of at least 4 members (excludes halogenated alkanes) is 3. The van der Waals surface area contributed by atoms with Crippen molar-refractivity contribution in [3.8, 4) is 0 Å². The minimum absolute atomic E-state index is 0.198. The summed E-state index contributed by atoms with van der Waals surface area (Å²) in [6.45, 7) is 1.81. The zero-order valence-electron chi connectivity index (χ0n) is 9.03. The van der Waals surface area contributed by atoms with Gasteiger partial charge in [-0.3, -0.25) is 4.79 Å². The smallest absolute Gasteiger partial charge is 0.331 e. The van der Waals surface area contributed by atoms with E-state index in [-0.39, 0.29) is 6.42 Å². The van der Waals surface area contributed by atoms with Crippen LogP contribution in [-0.2, 0) is 9.59 Å². The van der Waals surface area contributed by atoms with Crippen LogP contribution in [0, 0.1) is 0 Å². The summed E-state index contributed by atoms with van der Waals surface area (Å²) in [4.78, 5) is 20.8. The molecule has 0 bridgehead atoms. The van der Waals surface area contributed by atoms with Crippen molar-refractivity contribution in [2.24, 2.45) is 0 Å². The first-order valence-corrected chi connectivity index (χ1v) is 5.22. The minimum Gasteiger partial charge on any atom is -0.481 e. The highest BCUT2D eigenvalue weighted by molar-refractivity contribution is 5.86. The van der Waals surface area contributed by atoms with Gasteiger partial charge in [-0.05, 0) is 25.7 Å². The molecule has 15 heavy (non-hydrogen) atoms. The van der Waals surface area contributed by atoms with Gasteiger partial charge in [-0.2, -0.15) is 0 Å². The van der Waals surface area contributed by atoms with Crippen LogP contribution in [0.2, 0.25) is 0 Å². The molecule has 86 valence electrons. The predicted molar refractivity (Wildman–Crippen MR) is 56.7 cm³/mol. The molecule has 0 atom stereocenters. The van der Waals surface area contributed by atoms with Gasteiger partial charge in [0.15, 0.2) is 0 Å². The maximum Gasteiger partial charge on any atom is 0.331 e. The molecular formula is C11H18O4. The molecule has 0 aliphatic rings. The fourth-order valence-electron chi connectivity index (χ4n) is 1.26. The van der Waals surface area contributed by atoms with Crippen molar-refractivity contribution in [2.45, 2.75) is 45.4 Å². The van der Waals surface area contributed by atoms with Gasteiger partial charge in [0, 0.05) is 12.0 Å². The van der Waals surface area contributed by atoms with Gasteiger partial charge in [-0.25, -0.2) is 4.79 Å². The summed E-state index contributed by atoms with van der Waals surface area (Å²) >= 11 is 0. The van der Waals surface area contributed by atoms with Gasteiger partial charge in [0.2, 0.25) is 0 Å². The molecule has 0 spiro atoms. The fourth-order valence-corrected chi connectivity index (χ4v) is 1.26. The van der Waals surface area contributed by atoms with Crippen LogP contribution < -0.4 is 0 Å². The first-order valence-electron chi connectivity index (χ1n) is 5.22. The SMILES string of the molecule is CC/C(=C/CCCCCC(=O)O)C(=O)O. The summed E-state index contributed by atoms with van der Waals surface area (Å²) in [5, 5.41) is 17.1. The second-order valence-electron chi connectivity index (χ2n) is 3.38. The molecule has 0 aliphatic heterocycles. The normalized spacial score (nSPS) is 11.4. The van der Waals surface area contributed by atoms with Gasteiger partial charge in [0.05, 0.1) is 0 Å². The van der Waals surface area contributed by atoms with Crippen LogP contribution in [-0.4, -0.2) is 22.2 Å². The monoisotopic (exact) mass is 214 g/mol. The summed E-state index contributed by atoms with van der Waals surface area (Å²) in [7, 11) is 0. The van der Waals surface area contributed by atoms with Crippen molar-refractivity contribution in [1.29, 1.82) is 0 Å². The second-order valence-corrected chi connectivity index (χ2v) is 3.38. The molecule has 0 aromatic carbocycles. The Balaban J connectivity index is 3.59. The Bertz CT molecular complexity index is 243. The molecule has 0 aromatic rings. The number of carboxylic acids is 2. The highest BCUT2D eigenvalue weighted by Crippen LogP contribution is 2.08. The average Bonchev–Trinajstić information content (AvgIpc) is 2.15. The van der Waals surface area contributed by atoms with Crippen molar-refractivity contribution in [3.63, 3.8) is 0 Å². The molecule has 0 saturated heterocycles. The van der Waals surface area contributed by atoms with Gasteiger partial charge < -0.3 is 10.2 Å². The van der Waals surface area contributed by atoms with Gasteiger partial charge in [0.25, 0.3) is 0 Å². The first kappa shape index (κ1) is 13.7. The van der Waals surface area contributed by atoms with Gasteiger partial charge in [-0.15, -0.1) is 0 Å². The summed E-state index contributed by atoms with van der Waals surface area (Å²) < 4.78 is 0. The number of rotatable bonds is 8. The molecule has 0 radical (unpaired) electrons. The van der Waals surface area contributed by atoms with Crippen molar-refractivity contribution in [1.82, 2.24) is 0 Å². The van der Waals surface area contributed by atoms with Crippen LogP contribution in [0.3, 0.4) is 0 Å². The Morgan fingerprint density at radius 3 is 2.27 bits per heavy atom. The van der Waals surface area contributed by atoms with Crippen LogP contribution in [0.4, 0.5) is 0 Å². The predicted octanol–water partition coefficient (Wildman–Crippen LogP) is 2.44. The summed E-state index contributed by atoms with van der Waals surface area (Å²) in [5.41, 5.74) is 0.438. The number of carboxylic acid groups (broad SMARTS) is 2. The molecule has 0 aromatic heterocycles. The van der Waals surface area contributed by atoms with Crippen LogP contribution in [0.5, 0.6) is 0 Å². The first-order chi connectivity index (χ1) is 7.07. The molecule has 0 amide bonds. The zero-order valence-corrected chi connectivity index (χ0v) is 9.03. The average molecular weight is 214 g/mol. The molecule has 0 heterocycles. The Labute approximate surface area is 89.6 Å². The van der Waals surface area contributed by atoms with Crippen LogP contribution in [0.1, 0.15) is 45.4 Å². The van der Waals surface area contributed by atoms with Crippen molar-refractivity contribution in [2.75, 3.05) is 0 Å². The van der Waals surface area contributed by atoms with Crippen LogP contribution in [0.25, 0.3) is 0 Å². The maximum atomic E-state index is 10.6. The lowest BCUT2D eigenvalue weighted by Gasteiger charge is -1.98. The molecule has 2 N–H and O–H groups in total. The Morgan fingerprint density at radius 2 is 1.80 bits per heavy atom. The Hall–Kier alpha value is -1.32. The maximum absolute atomic E-state index is 10.6. The molecule has 4 heteroatoms. The third-order valence-electron chi connectivity index (χ3n) is 2.14. The quantitative estimate of drug-likeness (QED) is 0.480. The largest absolute Gasteiger partial charge is 0.481 e. The molecule has 0 saturated carbocycles. The standard InChI is InChI=1S/C11H18O4/c1-2-9(11(14)15)7-5-3-4-6-8-10(12)13/h7H,2-6,8H2,1H3,(H,12,13)(H,14,15)/b9-7-. The molecule has 0 aliphatic carbocycles. The Kier molecular flexibility index (Phi) is 7.32. The summed E-state index contributed by atoms with van der Waals surface area (Å²) in [6.07, 6.45) is 5.52. The van der Waals surface area contributed by atoms with Gasteiger partial charge >= 0.3 is 11.9 Å². The van der Waals surface area contributed by atoms with E-state index in [2.05, 4.69) is 0 Å². The van der Waals surface area contributed by atoms with Crippen molar-refractivity contribution in [3.05, 3.63) is 11.6 Å². The number of hydrogen-bond acceptors (Lipinski definition) is 2. The van der Waals surface area contributed by atoms with E-state index in [0.29, 0.717) is 18.4 Å².